The molecule has 0 unspecified atom stereocenters. The second-order valence-electron chi connectivity index (χ2n) is 5.83. The fraction of sp³-hybridized carbons (Fsp3) is 0.412. The summed E-state index contributed by atoms with van der Waals surface area (Å²) in [7, 11) is 1.81. The van der Waals surface area contributed by atoms with E-state index in [0.29, 0.717) is 19.7 Å². The van der Waals surface area contributed by atoms with Crippen molar-refractivity contribution in [3.05, 3.63) is 48.3 Å². The first-order valence-corrected chi connectivity index (χ1v) is 7.84. The summed E-state index contributed by atoms with van der Waals surface area (Å²) in [5, 5.41) is 7.59. The van der Waals surface area contributed by atoms with Crippen molar-refractivity contribution in [3.63, 3.8) is 0 Å². The van der Waals surface area contributed by atoms with Gasteiger partial charge in [-0.1, -0.05) is 18.2 Å². The van der Waals surface area contributed by atoms with Crippen molar-refractivity contribution in [1.82, 2.24) is 20.0 Å². The number of aromatic nitrogens is 2. The van der Waals surface area contributed by atoms with Crippen LogP contribution >= 0.6 is 12.4 Å². The maximum Gasteiger partial charge on any atom is 0.242 e. The third kappa shape index (κ3) is 4.14. The van der Waals surface area contributed by atoms with Gasteiger partial charge in [0.1, 0.15) is 6.04 Å². The number of amides is 1. The standard InChI is InChI=1S/C17H22N4O2.ClH/c1-13-16(18-8-9-23-13)17(22)20(2)11-14-10-19-21(12-14)15-6-4-3-5-7-15;/h3-7,10,12-13,16,18H,8-9,11H2,1-2H3;1H/t13-,16+;/m1./s1. The average molecular weight is 351 g/mol. The normalized spacial score (nSPS) is 20.2. The molecule has 1 saturated heterocycles. The second-order valence-corrected chi connectivity index (χ2v) is 5.83. The molecule has 1 aliphatic rings. The number of ether oxygens (including phenoxy) is 1. The Bertz CT molecular complexity index is 662. The van der Waals surface area contributed by atoms with Crippen molar-refractivity contribution in [2.24, 2.45) is 0 Å². The van der Waals surface area contributed by atoms with Gasteiger partial charge in [-0.05, 0) is 19.1 Å². The molecule has 1 N–H and O–H groups in total. The fourth-order valence-electron chi connectivity index (χ4n) is 2.76. The Hall–Kier alpha value is -1.89. The largest absolute Gasteiger partial charge is 0.375 e. The van der Waals surface area contributed by atoms with E-state index in [0.717, 1.165) is 11.3 Å². The van der Waals surface area contributed by atoms with Crippen LogP contribution in [0, 0.1) is 0 Å². The van der Waals surface area contributed by atoms with Gasteiger partial charge in [0, 0.05) is 31.9 Å². The van der Waals surface area contributed by atoms with Gasteiger partial charge in [-0.25, -0.2) is 4.68 Å². The molecule has 2 atom stereocenters. The predicted molar refractivity (Wildman–Crippen MR) is 94.5 cm³/mol. The van der Waals surface area contributed by atoms with Gasteiger partial charge in [0.25, 0.3) is 0 Å². The summed E-state index contributed by atoms with van der Waals surface area (Å²) in [6.07, 6.45) is 3.64. The number of hydrogen-bond donors (Lipinski definition) is 1. The molecular formula is C17H23ClN4O2. The van der Waals surface area contributed by atoms with Crippen LogP contribution < -0.4 is 5.32 Å². The lowest BCUT2D eigenvalue weighted by molar-refractivity contribution is -0.138. The molecule has 0 radical (unpaired) electrons. The van der Waals surface area contributed by atoms with E-state index < -0.39 is 0 Å². The first-order valence-electron chi connectivity index (χ1n) is 7.84. The summed E-state index contributed by atoms with van der Waals surface area (Å²) in [6, 6.07) is 9.64. The zero-order chi connectivity index (χ0) is 16.2. The number of rotatable bonds is 4. The number of nitrogens with one attached hydrogen (secondary N) is 1. The fourth-order valence-corrected chi connectivity index (χ4v) is 2.76. The minimum absolute atomic E-state index is 0. The number of para-hydroxylation sites is 1. The quantitative estimate of drug-likeness (QED) is 0.910. The highest BCUT2D eigenvalue weighted by Crippen LogP contribution is 2.12. The van der Waals surface area contributed by atoms with Gasteiger partial charge in [0.05, 0.1) is 24.6 Å². The Balaban J connectivity index is 0.00000208. The van der Waals surface area contributed by atoms with Crippen LogP contribution in [-0.4, -0.2) is 52.9 Å². The molecule has 2 aromatic rings. The van der Waals surface area contributed by atoms with E-state index in [1.165, 1.54) is 0 Å². The molecule has 130 valence electrons. The van der Waals surface area contributed by atoms with Crippen LogP contribution in [-0.2, 0) is 16.1 Å². The molecule has 7 heteroatoms. The molecule has 1 aromatic carbocycles. The second kappa shape index (κ2) is 8.28. The maximum atomic E-state index is 12.5. The van der Waals surface area contributed by atoms with Gasteiger partial charge in [-0.2, -0.15) is 5.10 Å². The van der Waals surface area contributed by atoms with E-state index in [-0.39, 0.29) is 30.5 Å². The highest BCUT2D eigenvalue weighted by Gasteiger charge is 2.30. The molecular weight excluding hydrogens is 328 g/mol. The maximum absolute atomic E-state index is 12.5. The molecule has 1 fully saturated rings. The molecule has 0 aliphatic carbocycles. The number of carbonyl (C=O) groups is 1. The van der Waals surface area contributed by atoms with Gasteiger partial charge in [-0.3, -0.25) is 4.79 Å². The lowest BCUT2D eigenvalue weighted by atomic mass is 10.1. The van der Waals surface area contributed by atoms with Crippen LogP contribution in [0.3, 0.4) is 0 Å². The molecule has 2 heterocycles. The Morgan fingerprint density at radius 1 is 1.42 bits per heavy atom. The van der Waals surface area contributed by atoms with Crippen molar-refractivity contribution >= 4 is 18.3 Å². The van der Waals surface area contributed by atoms with Crippen LogP contribution in [0.4, 0.5) is 0 Å². The topological polar surface area (TPSA) is 59.4 Å². The van der Waals surface area contributed by atoms with Crippen molar-refractivity contribution < 1.29 is 9.53 Å². The van der Waals surface area contributed by atoms with Crippen molar-refractivity contribution in [2.75, 3.05) is 20.2 Å². The lowest BCUT2D eigenvalue weighted by Gasteiger charge is -2.32. The minimum atomic E-state index is -0.280. The van der Waals surface area contributed by atoms with Crippen molar-refractivity contribution in [2.45, 2.75) is 25.6 Å². The molecule has 0 saturated carbocycles. The molecule has 6 nitrogen and oxygen atoms in total. The molecule has 3 rings (SSSR count). The van der Waals surface area contributed by atoms with E-state index in [9.17, 15) is 4.79 Å². The van der Waals surface area contributed by atoms with E-state index in [4.69, 9.17) is 4.74 Å². The molecule has 1 amide bonds. The Kier molecular flexibility index (Phi) is 6.36. The molecule has 1 aliphatic heterocycles. The number of nitrogens with zero attached hydrogens (tertiary/aromatic N) is 3. The number of hydrogen-bond acceptors (Lipinski definition) is 4. The van der Waals surface area contributed by atoms with Gasteiger partial charge in [0.2, 0.25) is 5.91 Å². The third-order valence-electron chi connectivity index (χ3n) is 4.04. The Morgan fingerprint density at radius 3 is 2.88 bits per heavy atom. The number of carbonyl (C=O) groups excluding carboxylic acids is 1. The average Bonchev–Trinajstić information content (AvgIpc) is 3.04. The highest BCUT2D eigenvalue weighted by molar-refractivity contribution is 5.85. The summed E-state index contributed by atoms with van der Waals surface area (Å²) in [6.45, 7) is 3.81. The Labute approximate surface area is 148 Å². The van der Waals surface area contributed by atoms with Crippen molar-refractivity contribution in [1.29, 1.82) is 0 Å². The van der Waals surface area contributed by atoms with Crippen LogP contribution in [0.15, 0.2) is 42.7 Å². The zero-order valence-electron chi connectivity index (χ0n) is 13.9. The number of likely N-dealkylation sites (N-methyl/N-ethyl adjacent to an activating group) is 1. The zero-order valence-corrected chi connectivity index (χ0v) is 14.7. The summed E-state index contributed by atoms with van der Waals surface area (Å²) in [5.74, 6) is 0.0460. The van der Waals surface area contributed by atoms with E-state index in [2.05, 4.69) is 10.4 Å². The predicted octanol–water partition coefficient (Wildman–Crippen LogP) is 1.63. The van der Waals surface area contributed by atoms with Crippen LogP contribution in [0.5, 0.6) is 0 Å². The Morgan fingerprint density at radius 2 is 2.17 bits per heavy atom. The summed E-state index contributed by atoms with van der Waals surface area (Å²) in [4.78, 5) is 14.3. The van der Waals surface area contributed by atoms with Gasteiger partial charge >= 0.3 is 0 Å². The van der Waals surface area contributed by atoms with E-state index >= 15 is 0 Å². The van der Waals surface area contributed by atoms with Gasteiger partial charge in [0.15, 0.2) is 0 Å². The number of halogens is 1. The summed E-state index contributed by atoms with van der Waals surface area (Å²) in [5.41, 5.74) is 2.00. The van der Waals surface area contributed by atoms with Crippen LogP contribution in [0.2, 0.25) is 0 Å². The van der Waals surface area contributed by atoms with E-state index in [1.807, 2.05) is 55.2 Å². The summed E-state index contributed by atoms with van der Waals surface area (Å²) >= 11 is 0. The molecule has 1 aromatic heterocycles. The third-order valence-corrected chi connectivity index (χ3v) is 4.04. The van der Waals surface area contributed by atoms with E-state index in [1.54, 1.807) is 11.1 Å². The highest BCUT2D eigenvalue weighted by atomic mass is 35.5. The monoisotopic (exact) mass is 350 g/mol. The van der Waals surface area contributed by atoms with Crippen LogP contribution in [0.1, 0.15) is 12.5 Å². The SMILES string of the molecule is C[C@H]1OCCN[C@@H]1C(=O)N(C)Cc1cnn(-c2ccccc2)c1.Cl. The first-order chi connectivity index (χ1) is 11.1. The molecule has 0 bridgehead atoms. The first kappa shape index (κ1) is 18.4. The summed E-state index contributed by atoms with van der Waals surface area (Å²) < 4.78 is 7.37. The van der Waals surface area contributed by atoms with Crippen LogP contribution in [0.25, 0.3) is 5.69 Å². The number of benzene rings is 1. The van der Waals surface area contributed by atoms with Gasteiger partial charge in [-0.15, -0.1) is 12.4 Å². The minimum Gasteiger partial charge on any atom is -0.375 e. The molecule has 0 spiro atoms. The molecule has 24 heavy (non-hydrogen) atoms. The smallest absolute Gasteiger partial charge is 0.242 e. The number of morpholine rings is 1. The van der Waals surface area contributed by atoms with Gasteiger partial charge < -0.3 is 15.0 Å². The lowest BCUT2D eigenvalue weighted by Crippen LogP contribution is -2.55. The van der Waals surface area contributed by atoms with Crippen molar-refractivity contribution in [3.8, 4) is 5.69 Å².